The van der Waals surface area contributed by atoms with Gasteiger partial charge in [0.05, 0.1) is 10.2 Å². The minimum absolute atomic E-state index is 0.0268. The standard InChI is InChI=1S/C24H36N4OS/c1-18-11-15-28(16-12-18)24-26-21-10-9-19(17-22(21)30-24)23(29)25-13-6-14-27(2)20-7-4-3-5-8-20/h9-10,17-18,20H,3-8,11-16H2,1-2H3,(H,25,29). The lowest BCUT2D eigenvalue weighted by Crippen LogP contribution is -2.35. The van der Waals surface area contributed by atoms with Gasteiger partial charge in [-0.25, -0.2) is 4.98 Å². The van der Waals surface area contributed by atoms with Crippen molar-refractivity contribution in [3.05, 3.63) is 23.8 Å². The summed E-state index contributed by atoms with van der Waals surface area (Å²) in [5.41, 5.74) is 1.74. The second kappa shape index (κ2) is 10.1. The van der Waals surface area contributed by atoms with E-state index < -0.39 is 0 Å². The molecule has 5 nitrogen and oxygen atoms in total. The van der Waals surface area contributed by atoms with E-state index in [2.05, 4.69) is 29.1 Å². The molecule has 1 amide bonds. The lowest BCUT2D eigenvalue weighted by molar-refractivity contribution is 0.0950. The maximum absolute atomic E-state index is 12.6. The van der Waals surface area contributed by atoms with Gasteiger partial charge in [-0.1, -0.05) is 37.5 Å². The molecule has 164 valence electrons. The highest BCUT2D eigenvalue weighted by atomic mass is 32.1. The Hall–Kier alpha value is -1.66. The number of benzene rings is 1. The molecule has 30 heavy (non-hydrogen) atoms. The van der Waals surface area contributed by atoms with Crippen LogP contribution in [-0.4, -0.2) is 55.1 Å². The molecule has 1 N–H and O–H groups in total. The molecule has 1 saturated heterocycles. The van der Waals surface area contributed by atoms with Crippen molar-refractivity contribution in [2.75, 3.05) is 38.1 Å². The van der Waals surface area contributed by atoms with E-state index in [0.29, 0.717) is 0 Å². The summed E-state index contributed by atoms with van der Waals surface area (Å²) in [4.78, 5) is 22.3. The van der Waals surface area contributed by atoms with Gasteiger partial charge in [-0.05, 0) is 69.8 Å². The number of hydrogen-bond donors (Lipinski definition) is 1. The molecule has 6 heteroatoms. The quantitative estimate of drug-likeness (QED) is 0.636. The Kier molecular flexibility index (Phi) is 7.26. The van der Waals surface area contributed by atoms with Crippen molar-refractivity contribution < 1.29 is 4.79 Å². The Morgan fingerprint density at radius 2 is 1.97 bits per heavy atom. The molecule has 4 rings (SSSR count). The third kappa shape index (κ3) is 5.33. The number of aromatic nitrogens is 1. The number of piperidine rings is 1. The smallest absolute Gasteiger partial charge is 0.251 e. The van der Waals surface area contributed by atoms with Crippen LogP contribution in [0.15, 0.2) is 18.2 Å². The van der Waals surface area contributed by atoms with Crippen LogP contribution in [0.25, 0.3) is 10.2 Å². The lowest BCUT2D eigenvalue weighted by atomic mass is 9.94. The number of anilines is 1. The molecule has 1 aromatic carbocycles. The van der Waals surface area contributed by atoms with Gasteiger partial charge in [-0.2, -0.15) is 0 Å². The van der Waals surface area contributed by atoms with Gasteiger partial charge < -0.3 is 15.1 Å². The number of nitrogens with zero attached hydrogens (tertiary/aromatic N) is 3. The van der Waals surface area contributed by atoms with Gasteiger partial charge in [0.15, 0.2) is 5.13 Å². The second-order valence-corrected chi connectivity index (χ2v) is 10.2. The van der Waals surface area contributed by atoms with Gasteiger partial charge in [0, 0.05) is 31.2 Å². The first-order chi connectivity index (χ1) is 14.6. The van der Waals surface area contributed by atoms with E-state index in [4.69, 9.17) is 4.98 Å². The first-order valence-electron chi connectivity index (χ1n) is 11.7. The van der Waals surface area contributed by atoms with Crippen LogP contribution < -0.4 is 10.2 Å². The summed E-state index contributed by atoms with van der Waals surface area (Å²) >= 11 is 1.71. The van der Waals surface area contributed by atoms with Crippen LogP contribution in [0, 0.1) is 5.92 Å². The Bertz CT molecular complexity index is 837. The number of rotatable bonds is 7. The third-order valence-corrected chi connectivity index (χ3v) is 7.94. The molecule has 0 spiro atoms. The molecular weight excluding hydrogens is 392 g/mol. The van der Waals surface area contributed by atoms with Crippen LogP contribution in [0.4, 0.5) is 5.13 Å². The van der Waals surface area contributed by atoms with Gasteiger partial charge in [-0.15, -0.1) is 0 Å². The zero-order valence-corrected chi connectivity index (χ0v) is 19.3. The highest BCUT2D eigenvalue weighted by Gasteiger charge is 2.20. The molecule has 1 aliphatic heterocycles. The number of amides is 1. The number of fused-ring (bicyclic) bond motifs is 1. The zero-order valence-electron chi connectivity index (χ0n) is 18.5. The predicted molar refractivity (Wildman–Crippen MR) is 127 cm³/mol. The molecule has 1 aliphatic carbocycles. The highest BCUT2D eigenvalue weighted by Crippen LogP contribution is 2.32. The van der Waals surface area contributed by atoms with E-state index in [-0.39, 0.29) is 5.91 Å². The van der Waals surface area contributed by atoms with E-state index in [0.717, 1.165) is 65.5 Å². The average Bonchev–Trinajstić information content (AvgIpc) is 3.21. The van der Waals surface area contributed by atoms with Crippen LogP contribution in [0.5, 0.6) is 0 Å². The summed E-state index contributed by atoms with van der Waals surface area (Å²) in [7, 11) is 2.23. The van der Waals surface area contributed by atoms with Crippen molar-refractivity contribution in [3.8, 4) is 0 Å². The Labute approximate surface area is 184 Å². The first kappa shape index (κ1) is 21.6. The highest BCUT2D eigenvalue weighted by molar-refractivity contribution is 7.22. The molecule has 0 bridgehead atoms. The first-order valence-corrected chi connectivity index (χ1v) is 12.6. The van der Waals surface area contributed by atoms with E-state index in [1.165, 1.54) is 44.9 Å². The SMILES string of the molecule is CC1CCN(c2nc3ccc(C(=O)NCCCN(C)C4CCCCC4)cc3s2)CC1. The number of carbonyl (C=O) groups excluding carboxylic acids is 1. The van der Waals surface area contributed by atoms with Crippen LogP contribution in [0.3, 0.4) is 0 Å². The van der Waals surface area contributed by atoms with Crippen LogP contribution in [0.2, 0.25) is 0 Å². The second-order valence-electron chi connectivity index (χ2n) is 9.23. The van der Waals surface area contributed by atoms with Gasteiger partial charge in [0.1, 0.15) is 0 Å². The summed E-state index contributed by atoms with van der Waals surface area (Å²) in [6, 6.07) is 6.65. The molecule has 1 saturated carbocycles. The number of nitrogens with one attached hydrogen (secondary N) is 1. The molecular formula is C24H36N4OS. The zero-order chi connectivity index (χ0) is 20.9. The number of carbonyl (C=O) groups is 1. The normalized spacial score (nSPS) is 19.0. The number of thiazole rings is 1. The third-order valence-electron chi connectivity index (χ3n) is 6.86. The van der Waals surface area contributed by atoms with Gasteiger partial charge in [0.2, 0.25) is 0 Å². The monoisotopic (exact) mass is 428 g/mol. The fourth-order valence-corrected chi connectivity index (χ4v) is 5.78. The Morgan fingerprint density at radius 3 is 2.73 bits per heavy atom. The molecule has 2 aromatic rings. The maximum Gasteiger partial charge on any atom is 0.251 e. The summed E-state index contributed by atoms with van der Waals surface area (Å²) < 4.78 is 1.10. The topological polar surface area (TPSA) is 48.5 Å². The largest absolute Gasteiger partial charge is 0.352 e. The molecule has 0 unspecified atom stereocenters. The molecule has 0 radical (unpaired) electrons. The number of hydrogen-bond acceptors (Lipinski definition) is 5. The van der Waals surface area contributed by atoms with Crippen molar-refractivity contribution in [3.63, 3.8) is 0 Å². The van der Waals surface area contributed by atoms with E-state index >= 15 is 0 Å². The maximum atomic E-state index is 12.6. The lowest BCUT2D eigenvalue weighted by Gasteiger charge is -2.31. The molecule has 0 atom stereocenters. The minimum Gasteiger partial charge on any atom is -0.352 e. The van der Waals surface area contributed by atoms with Crippen molar-refractivity contribution in [2.45, 2.75) is 64.3 Å². The van der Waals surface area contributed by atoms with Crippen molar-refractivity contribution in [2.24, 2.45) is 5.92 Å². The fourth-order valence-electron chi connectivity index (χ4n) is 4.73. The summed E-state index contributed by atoms with van der Waals surface area (Å²) in [5.74, 6) is 0.840. The van der Waals surface area contributed by atoms with Crippen molar-refractivity contribution in [1.29, 1.82) is 0 Å². The van der Waals surface area contributed by atoms with Gasteiger partial charge >= 0.3 is 0 Å². The summed E-state index contributed by atoms with van der Waals surface area (Å²) in [6.45, 7) is 6.28. The van der Waals surface area contributed by atoms with Gasteiger partial charge in [-0.3, -0.25) is 4.79 Å². The Morgan fingerprint density at radius 1 is 1.20 bits per heavy atom. The molecule has 2 heterocycles. The predicted octanol–water partition coefficient (Wildman–Crippen LogP) is 4.92. The van der Waals surface area contributed by atoms with E-state index in [1.54, 1.807) is 11.3 Å². The van der Waals surface area contributed by atoms with Crippen molar-refractivity contribution >= 4 is 32.6 Å². The average molecular weight is 429 g/mol. The van der Waals surface area contributed by atoms with Crippen LogP contribution in [0.1, 0.15) is 68.6 Å². The summed E-state index contributed by atoms with van der Waals surface area (Å²) in [5, 5.41) is 4.20. The van der Waals surface area contributed by atoms with E-state index in [1.807, 2.05) is 18.2 Å². The van der Waals surface area contributed by atoms with Gasteiger partial charge in [0.25, 0.3) is 5.91 Å². The van der Waals surface area contributed by atoms with Crippen LogP contribution in [-0.2, 0) is 0 Å². The molecule has 2 aliphatic rings. The minimum atomic E-state index is 0.0268. The van der Waals surface area contributed by atoms with Crippen LogP contribution >= 0.6 is 11.3 Å². The van der Waals surface area contributed by atoms with Crippen molar-refractivity contribution in [1.82, 2.24) is 15.2 Å². The summed E-state index contributed by atoms with van der Waals surface area (Å²) in [6.07, 6.45) is 10.3. The molecule has 1 aromatic heterocycles. The fraction of sp³-hybridized carbons (Fsp3) is 0.667. The van der Waals surface area contributed by atoms with E-state index in [9.17, 15) is 4.79 Å². The Balaban J connectivity index is 1.27. The molecule has 2 fully saturated rings.